The number of alkyl halides is 3. The third kappa shape index (κ3) is 6.15. The third-order valence-electron chi connectivity index (χ3n) is 5.53. The van der Waals surface area contributed by atoms with Crippen LogP contribution in [0.5, 0.6) is 0 Å². The highest BCUT2D eigenvalue weighted by Gasteiger charge is 2.35. The summed E-state index contributed by atoms with van der Waals surface area (Å²) in [6.45, 7) is 3.84. The summed E-state index contributed by atoms with van der Waals surface area (Å²) >= 11 is 0.342. The highest BCUT2D eigenvalue weighted by Crippen LogP contribution is 2.35. The van der Waals surface area contributed by atoms with Gasteiger partial charge in [0.25, 0.3) is 11.8 Å². The van der Waals surface area contributed by atoms with Crippen molar-refractivity contribution in [2.24, 2.45) is 0 Å². The number of aromatic nitrogens is 3. The molecule has 4 aromatic rings. The second-order valence-corrected chi connectivity index (χ2v) is 9.92. The van der Waals surface area contributed by atoms with Gasteiger partial charge in [0.05, 0.1) is 11.1 Å². The summed E-state index contributed by atoms with van der Waals surface area (Å²) in [6, 6.07) is 10.1. The molecule has 2 heterocycles. The molecule has 0 bridgehead atoms. The largest absolute Gasteiger partial charge is 0.443 e. The van der Waals surface area contributed by atoms with Crippen LogP contribution < -0.4 is 10.6 Å². The number of aliphatic hydroxyl groups is 1. The van der Waals surface area contributed by atoms with Gasteiger partial charge in [-0.2, -0.15) is 18.3 Å². The normalized spacial score (nSPS) is 12.1. The molecule has 0 aliphatic carbocycles. The molecule has 37 heavy (non-hydrogen) atoms. The lowest BCUT2D eigenvalue weighted by Gasteiger charge is -2.16. The van der Waals surface area contributed by atoms with Gasteiger partial charge in [0.15, 0.2) is 5.01 Å². The Hall–Kier alpha value is -3.77. The molecule has 4 rings (SSSR count). The number of carbonyl (C=O) groups excluding carboxylic acids is 2. The Morgan fingerprint density at radius 1 is 1.14 bits per heavy atom. The van der Waals surface area contributed by atoms with E-state index in [0.717, 1.165) is 5.38 Å². The lowest BCUT2D eigenvalue weighted by Crippen LogP contribution is -2.21. The SMILES string of the molecule is CNC(=O)c1cccc(-c2cc3nn(CCC(C)(C)O)cc3cc2NC(=O)c2csc(C(F)(F)F)n2)c1. The van der Waals surface area contributed by atoms with Crippen LogP contribution in [0.15, 0.2) is 48.0 Å². The molecule has 0 unspecified atom stereocenters. The Balaban J connectivity index is 1.76. The van der Waals surface area contributed by atoms with E-state index in [2.05, 4.69) is 20.7 Å². The molecule has 0 aliphatic heterocycles. The Morgan fingerprint density at radius 2 is 1.89 bits per heavy atom. The molecular formula is C25H24F3N5O3S. The molecule has 2 aromatic heterocycles. The van der Waals surface area contributed by atoms with E-state index >= 15 is 0 Å². The van der Waals surface area contributed by atoms with E-state index in [9.17, 15) is 27.9 Å². The molecule has 0 radical (unpaired) electrons. The third-order valence-corrected chi connectivity index (χ3v) is 6.42. The van der Waals surface area contributed by atoms with Crippen molar-refractivity contribution in [3.8, 4) is 11.1 Å². The van der Waals surface area contributed by atoms with E-state index in [1.807, 2.05) is 0 Å². The number of amides is 2. The Bertz CT molecular complexity index is 1470. The summed E-state index contributed by atoms with van der Waals surface area (Å²) in [6.07, 6.45) is -2.44. The molecule has 3 N–H and O–H groups in total. The summed E-state index contributed by atoms with van der Waals surface area (Å²) in [5.74, 6) is -1.10. The van der Waals surface area contributed by atoms with Crippen LogP contribution in [0.3, 0.4) is 0 Å². The molecule has 0 fully saturated rings. The summed E-state index contributed by atoms with van der Waals surface area (Å²) < 4.78 is 40.6. The molecule has 194 valence electrons. The molecule has 12 heteroatoms. The van der Waals surface area contributed by atoms with Crippen molar-refractivity contribution in [2.75, 3.05) is 12.4 Å². The van der Waals surface area contributed by atoms with Gasteiger partial charge in [-0.3, -0.25) is 14.3 Å². The zero-order chi connectivity index (χ0) is 27.0. The quantitative estimate of drug-likeness (QED) is 0.313. The lowest BCUT2D eigenvalue weighted by atomic mass is 9.99. The van der Waals surface area contributed by atoms with Crippen molar-refractivity contribution in [3.05, 3.63) is 64.2 Å². The fourth-order valence-electron chi connectivity index (χ4n) is 3.63. The molecule has 0 saturated carbocycles. The Labute approximate surface area is 214 Å². The van der Waals surface area contributed by atoms with Crippen LogP contribution in [-0.4, -0.2) is 44.3 Å². The number of halogens is 3. The first-order valence-corrected chi connectivity index (χ1v) is 12.1. The molecule has 8 nitrogen and oxygen atoms in total. The summed E-state index contributed by atoms with van der Waals surface area (Å²) in [5, 5.41) is 20.4. The number of hydrogen-bond acceptors (Lipinski definition) is 6. The second kappa shape index (κ2) is 9.94. The maximum atomic E-state index is 13.0. The van der Waals surface area contributed by atoms with Gasteiger partial charge in [-0.25, -0.2) is 4.98 Å². The van der Waals surface area contributed by atoms with Crippen LogP contribution >= 0.6 is 11.3 Å². The minimum Gasteiger partial charge on any atom is -0.390 e. The van der Waals surface area contributed by atoms with Gasteiger partial charge < -0.3 is 15.7 Å². The van der Waals surface area contributed by atoms with Crippen LogP contribution in [0.4, 0.5) is 18.9 Å². The topological polar surface area (TPSA) is 109 Å². The highest BCUT2D eigenvalue weighted by molar-refractivity contribution is 7.10. The van der Waals surface area contributed by atoms with E-state index in [0.29, 0.717) is 57.6 Å². The maximum Gasteiger partial charge on any atom is 0.443 e. The number of fused-ring (bicyclic) bond motifs is 1. The first-order chi connectivity index (χ1) is 17.3. The van der Waals surface area contributed by atoms with E-state index in [4.69, 9.17) is 0 Å². The van der Waals surface area contributed by atoms with Crippen molar-refractivity contribution in [2.45, 2.75) is 38.6 Å². The number of thiazole rings is 1. The average Bonchev–Trinajstić information content (AvgIpc) is 3.48. The molecule has 0 saturated heterocycles. The predicted octanol–water partition coefficient (Wildman–Crippen LogP) is 4.95. The van der Waals surface area contributed by atoms with E-state index < -0.39 is 22.7 Å². The van der Waals surface area contributed by atoms with Crippen LogP contribution in [-0.2, 0) is 12.7 Å². The van der Waals surface area contributed by atoms with Crippen molar-refractivity contribution in [1.82, 2.24) is 20.1 Å². The monoisotopic (exact) mass is 531 g/mol. The Kier molecular flexibility index (Phi) is 7.07. The first-order valence-electron chi connectivity index (χ1n) is 11.2. The molecule has 0 aliphatic rings. The van der Waals surface area contributed by atoms with Crippen LogP contribution in [0, 0.1) is 0 Å². The fraction of sp³-hybridized carbons (Fsp3) is 0.280. The fourth-order valence-corrected chi connectivity index (χ4v) is 4.30. The minimum atomic E-state index is -4.65. The second-order valence-electron chi connectivity index (χ2n) is 9.06. The van der Waals surface area contributed by atoms with E-state index in [1.54, 1.807) is 61.1 Å². The Morgan fingerprint density at radius 3 is 2.54 bits per heavy atom. The number of nitrogens with one attached hydrogen (secondary N) is 2. The average molecular weight is 532 g/mol. The van der Waals surface area contributed by atoms with Crippen molar-refractivity contribution in [3.63, 3.8) is 0 Å². The number of benzene rings is 2. The van der Waals surface area contributed by atoms with Gasteiger partial charge in [-0.05, 0) is 50.1 Å². The van der Waals surface area contributed by atoms with Crippen molar-refractivity contribution in [1.29, 1.82) is 0 Å². The smallest absolute Gasteiger partial charge is 0.390 e. The molecular weight excluding hydrogens is 507 g/mol. The molecule has 0 spiro atoms. The number of rotatable bonds is 7. The van der Waals surface area contributed by atoms with E-state index in [1.165, 1.54) is 7.05 Å². The van der Waals surface area contributed by atoms with Crippen molar-refractivity contribution < 1.29 is 27.9 Å². The standard InChI is InChI=1S/C25H24F3N5O3S/c1-24(2,36)7-8-33-12-16-10-19(30-22(35)20-13-37-23(31-20)25(26,27)28)17(11-18(16)32-33)14-5-4-6-15(9-14)21(34)29-3/h4-6,9-13,36H,7-8H2,1-3H3,(H,29,34)(H,30,35). The first kappa shape index (κ1) is 26.3. The number of hydrogen-bond donors (Lipinski definition) is 3. The maximum absolute atomic E-state index is 13.0. The number of anilines is 1. The highest BCUT2D eigenvalue weighted by atomic mass is 32.1. The van der Waals surface area contributed by atoms with E-state index in [-0.39, 0.29) is 11.6 Å². The summed E-state index contributed by atoms with van der Waals surface area (Å²) in [7, 11) is 1.51. The van der Waals surface area contributed by atoms with Crippen molar-refractivity contribution >= 4 is 39.7 Å². The lowest BCUT2D eigenvalue weighted by molar-refractivity contribution is -0.137. The molecule has 0 atom stereocenters. The predicted molar refractivity (Wildman–Crippen MR) is 135 cm³/mol. The van der Waals surface area contributed by atoms with Gasteiger partial charge in [0, 0.05) is 47.4 Å². The van der Waals surface area contributed by atoms with Gasteiger partial charge in [0.1, 0.15) is 5.69 Å². The zero-order valence-corrected chi connectivity index (χ0v) is 21.0. The number of aryl methyl sites for hydroxylation is 1. The van der Waals surface area contributed by atoms with Crippen LogP contribution in [0.2, 0.25) is 0 Å². The van der Waals surface area contributed by atoms with Crippen LogP contribution in [0.25, 0.3) is 22.0 Å². The van der Waals surface area contributed by atoms with Gasteiger partial charge in [-0.1, -0.05) is 12.1 Å². The van der Waals surface area contributed by atoms with Gasteiger partial charge in [0.2, 0.25) is 0 Å². The van der Waals surface area contributed by atoms with Gasteiger partial charge >= 0.3 is 6.18 Å². The number of nitrogens with zero attached hydrogens (tertiary/aromatic N) is 3. The summed E-state index contributed by atoms with van der Waals surface area (Å²) in [4.78, 5) is 28.5. The van der Waals surface area contributed by atoms with Crippen LogP contribution in [0.1, 0.15) is 46.1 Å². The molecule has 2 amide bonds. The summed E-state index contributed by atoms with van der Waals surface area (Å²) in [5.41, 5.74) is 1.18. The number of carbonyl (C=O) groups is 2. The molecule has 2 aromatic carbocycles. The zero-order valence-electron chi connectivity index (χ0n) is 20.2. The van der Waals surface area contributed by atoms with Gasteiger partial charge in [-0.15, -0.1) is 11.3 Å². The minimum absolute atomic E-state index is 0.299.